The lowest BCUT2D eigenvalue weighted by molar-refractivity contribution is 0.101. The zero-order valence-electron chi connectivity index (χ0n) is 11.9. The van der Waals surface area contributed by atoms with Crippen molar-refractivity contribution in [1.82, 2.24) is 4.98 Å². The predicted octanol–water partition coefficient (Wildman–Crippen LogP) is 4.39. The molecule has 0 saturated heterocycles. The second-order valence-corrected chi connectivity index (χ2v) is 5.83. The van der Waals surface area contributed by atoms with Crippen LogP contribution in [0.2, 0.25) is 0 Å². The minimum atomic E-state index is 0.00562. The Labute approximate surface area is 127 Å². The van der Waals surface area contributed by atoms with Gasteiger partial charge >= 0.3 is 0 Å². The third-order valence-corrected chi connectivity index (χ3v) is 4.21. The van der Waals surface area contributed by atoms with Crippen LogP contribution >= 0.6 is 11.3 Å². The van der Waals surface area contributed by atoms with E-state index in [-0.39, 0.29) is 5.78 Å². The second-order valence-electron chi connectivity index (χ2n) is 4.89. The molecule has 106 valence electrons. The van der Waals surface area contributed by atoms with Crippen LogP contribution in [0.4, 0.5) is 0 Å². The quantitative estimate of drug-likeness (QED) is 0.671. The van der Waals surface area contributed by atoms with Crippen LogP contribution in [0, 0.1) is 6.92 Å². The first kappa shape index (κ1) is 13.8. The Hall–Kier alpha value is -2.20. The van der Waals surface area contributed by atoms with Crippen LogP contribution in [0.1, 0.15) is 28.0 Å². The predicted molar refractivity (Wildman–Crippen MR) is 85.1 cm³/mol. The fourth-order valence-electron chi connectivity index (χ4n) is 2.28. The highest BCUT2D eigenvalue weighted by molar-refractivity contribution is 7.09. The lowest BCUT2D eigenvalue weighted by Crippen LogP contribution is -2.02. The van der Waals surface area contributed by atoms with Gasteiger partial charge in [-0.2, -0.15) is 0 Å². The number of carbonyl (C=O) groups excluding carboxylic acids is 1. The fraction of sp³-hybridized carbons (Fsp3) is 0.176. The standard InChI is InChI=1S/C17H15NO2S/c1-11-10-21-16(18-11)9-20-17-14(12(2)19)8-7-13-5-3-4-6-15(13)17/h3-8,10H,9H2,1-2H3. The van der Waals surface area contributed by atoms with Gasteiger partial charge in [0.1, 0.15) is 17.4 Å². The number of hydrogen-bond acceptors (Lipinski definition) is 4. The molecular weight excluding hydrogens is 282 g/mol. The first-order valence-electron chi connectivity index (χ1n) is 6.71. The van der Waals surface area contributed by atoms with Crippen LogP contribution < -0.4 is 4.74 Å². The second kappa shape index (κ2) is 5.66. The summed E-state index contributed by atoms with van der Waals surface area (Å²) in [5.41, 5.74) is 1.60. The maximum Gasteiger partial charge on any atom is 0.163 e. The minimum absolute atomic E-state index is 0.00562. The van der Waals surface area contributed by atoms with Crippen LogP contribution in [0.25, 0.3) is 10.8 Å². The smallest absolute Gasteiger partial charge is 0.163 e. The molecule has 0 bridgehead atoms. The Kier molecular flexibility index (Phi) is 3.71. The van der Waals surface area contributed by atoms with Crippen molar-refractivity contribution in [1.29, 1.82) is 0 Å². The lowest BCUT2D eigenvalue weighted by Gasteiger charge is -2.12. The Morgan fingerprint density at radius 1 is 1.24 bits per heavy atom. The summed E-state index contributed by atoms with van der Waals surface area (Å²) in [7, 11) is 0. The van der Waals surface area contributed by atoms with Gasteiger partial charge in [0.05, 0.1) is 5.56 Å². The molecule has 0 aliphatic rings. The molecule has 3 nitrogen and oxygen atoms in total. The summed E-state index contributed by atoms with van der Waals surface area (Å²) in [6.07, 6.45) is 0. The van der Waals surface area contributed by atoms with Gasteiger partial charge in [0.25, 0.3) is 0 Å². The minimum Gasteiger partial charge on any atom is -0.485 e. The van der Waals surface area contributed by atoms with Crippen molar-refractivity contribution in [2.45, 2.75) is 20.5 Å². The largest absolute Gasteiger partial charge is 0.485 e. The van der Waals surface area contributed by atoms with Crippen LogP contribution in [0.5, 0.6) is 5.75 Å². The molecule has 1 heterocycles. The number of fused-ring (bicyclic) bond motifs is 1. The molecule has 21 heavy (non-hydrogen) atoms. The van der Waals surface area contributed by atoms with E-state index in [9.17, 15) is 4.79 Å². The van der Waals surface area contributed by atoms with Gasteiger partial charge in [-0.3, -0.25) is 4.79 Å². The fourth-order valence-corrected chi connectivity index (χ4v) is 2.96. The number of aromatic nitrogens is 1. The van der Waals surface area contributed by atoms with E-state index in [1.54, 1.807) is 18.3 Å². The molecule has 0 radical (unpaired) electrons. The average molecular weight is 297 g/mol. The summed E-state index contributed by atoms with van der Waals surface area (Å²) in [6.45, 7) is 3.90. The van der Waals surface area contributed by atoms with Crippen molar-refractivity contribution in [3.05, 3.63) is 58.0 Å². The third kappa shape index (κ3) is 2.81. The number of benzene rings is 2. The molecule has 0 saturated carbocycles. The molecule has 0 aliphatic carbocycles. The van der Waals surface area contributed by atoms with Gasteiger partial charge in [-0.1, -0.05) is 30.3 Å². The molecule has 0 N–H and O–H groups in total. The van der Waals surface area contributed by atoms with Gasteiger partial charge in [-0.25, -0.2) is 4.98 Å². The highest BCUT2D eigenvalue weighted by Crippen LogP contribution is 2.31. The zero-order valence-corrected chi connectivity index (χ0v) is 12.7. The summed E-state index contributed by atoms with van der Waals surface area (Å²) >= 11 is 1.57. The first-order chi connectivity index (χ1) is 10.1. The number of rotatable bonds is 4. The van der Waals surface area contributed by atoms with Crippen LogP contribution in [-0.2, 0) is 6.61 Å². The van der Waals surface area contributed by atoms with Gasteiger partial charge in [0, 0.05) is 16.5 Å². The van der Waals surface area contributed by atoms with E-state index in [2.05, 4.69) is 4.98 Å². The molecule has 4 heteroatoms. The molecule has 0 spiro atoms. The lowest BCUT2D eigenvalue weighted by atomic mass is 10.0. The normalized spacial score (nSPS) is 10.8. The number of carbonyl (C=O) groups is 1. The van der Waals surface area contributed by atoms with Gasteiger partial charge in [0.2, 0.25) is 0 Å². The van der Waals surface area contributed by atoms with Crippen molar-refractivity contribution in [3.63, 3.8) is 0 Å². The number of ketones is 1. The molecule has 0 fully saturated rings. The SMILES string of the molecule is CC(=O)c1ccc2ccccc2c1OCc1nc(C)cs1. The number of Topliss-reactive ketones (excluding diaryl/α,β-unsaturated/α-hetero) is 1. The monoisotopic (exact) mass is 297 g/mol. The van der Waals surface area contributed by atoms with E-state index in [1.165, 1.54) is 0 Å². The van der Waals surface area contributed by atoms with Crippen LogP contribution in [0.3, 0.4) is 0 Å². The molecular formula is C17H15NO2S. The van der Waals surface area contributed by atoms with E-state index in [0.717, 1.165) is 21.5 Å². The summed E-state index contributed by atoms with van der Waals surface area (Å²) in [4.78, 5) is 16.2. The third-order valence-electron chi connectivity index (χ3n) is 3.27. The maximum absolute atomic E-state index is 11.8. The molecule has 0 atom stereocenters. The average Bonchev–Trinajstić information content (AvgIpc) is 2.90. The zero-order chi connectivity index (χ0) is 14.8. The molecule has 3 aromatic rings. The summed E-state index contributed by atoms with van der Waals surface area (Å²) < 4.78 is 5.94. The van der Waals surface area contributed by atoms with Crippen molar-refractivity contribution in [2.75, 3.05) is 0 Å². The van der Waals surface area contributed by atoms with Gasteiger partial charge < -0.3 is 4.74 Å². The van der Waals surface area contributed by atoms with Crippen molar-refractivity contribution in [3.8, 4) is 5.75 Å². The summed E-state index contributed by atoms with van der Waals surface area (Å²) in [6, 6.07) is 11.7. The van der Waals surface area contributed by atoms with E-state index in [4.69, 9.17) is 4.74 Å². The van der Waals surface area contributed by atoms with Crippen molar-refractivity contribution in [2.24, 2.45) is 0 Å². The van der Waals surface area contributed by atoms with E-state index in [1.807, 2.05) is 48.7 Å². The van der Waals surface area contributed by atoms with E-state index < -0.39 is 0 Å². The molecule has 3 rings (SSSR count). The van der Waals surface area contributed by atoms with E-state index >= 15 is 0 Å². The van der Waals surface area contributed by atoms with Crippen molar-refractivity contribution >= 4 is 27.9 Å². The summed E-state index contributed by atoms with van der Waals surface area (Å²) in [5.74, 6) is 0.652. The molecule has 0 amide bonds. The Balaban J connectivity index is 2.01. The number of ether oxygens (including phenoxy) is 1. The molecule has 1 aromatic heterocycles. The van der Waals surface area contributed by atoms with Gasteiger partial charge in [-0.05, 0) is 25.3 Å². The Morgan fingerprint density at radius 2 is 2.05 bits per heavy atom. The number of aryl methyl sites for hydroxylation is 1. The Morgan fingerprint density at radius 3 is 2.76 bits per heavy atom. The highest BCUT2D eigenvalue weighted by atomic mass is 32.1. The van der Waals surface area contributed by atoms with Crippen molar-refractivity contribution < 1.29 is 9.53 Å². The van der Waals surface area contributed by atoms with Gasteiger partial charge in [0.15, 0.2) is 5.78 Å². The maximum atomic E-state index is 11.8. The van der Waals surface area contributed by atoms with Crippen LogP contribution in [0.15, 0.2) is 41.8 Å². The highest BCUT2D eigenvalue weighted by Gasteiger charge is 2.13. The number of hydrogen-bond donors (Lipinski definition) is 0. The first-order valence-corrected chi connectivity index (χ1v) is 7.59. The molecule has 0 aliphatic heterocycles. The summed E-state index contributed by atoms with van der Waals surface area (Å²) in [5, 5.41) is 4.93. The van der Waals surface area contributed by atoms with E-state index in [0.29, 0.717) is 17.9 Å². The van der Waals surface area contributed by atoms with Gasteiger partial charge in [-0.15, -0.1) is 11.3 Å². The number of thiazole rings is 1. The number of nitrogens with zero attached hydrogens (tertiary/aromatic N) is 1. The van der Waals surface area contributed by atoms with Crippen LogP contribution in [-0.4, -0.2) is 10.8 Å². The molecule has 2 aromatic carbocycles. The Bertz CT molecular complexity index is 807. The molecule has 0 unspecified atom stereocenters. The topological polar surface area (TPSA) is 39.2 Å².